The van der Waals surface area contributed by atoms with E-state index in [0.717, 1.165) is 63.5 Å². The van der Waals surface area contributed by atoms with Crippen LogP contribution in [0.15, 0.2) is 4.99 Å². The predicted octanol–water partition coefficient (Wildman–Crippen LogP) is 2.04. The molecule has 2 heterocycles. The molecule has 1 atom stereocenters. The highest BCUT2D eigenvalue weighted by atomic mass is 16.5. The van der Waals surface area contributed by atoms with Crippen LogP contribution in [0, 0.1) is 11.8 Å². The second-order valence-electron chi connectivity index (χ2n) is 7.86. The molecule has 2 rings (SSSR count). The number of ether oxygens (including phenoxy) is 1. The number of likely N-dealkylation sites (N-methyl/N-ethyl adjacent to an activating group) is 1. The highest BCUT2D eigenvalue weighted by molar-refractivity contribution is 5.80. The highest BCUT2D eigenvalue weighted by Gasteiger charge is 2.35. The summed E-state index contributed by atoms with van der Waals surface area (Å²) in [5.74, 6) is 2.68. The standard InChI is InChI=1S/C18H36N4O/c1-15(2)12-16-6-9-22(13-16)17(19-3)20-14-18(21(4)5)7-10-23-11-8-18/h15-16H,6-14H2,1-5H3,(H,19,20). The van der Waals surface area contributed by atoms with Crippen LogP contribution in [0.25, 0.3) is 0 Å². The van der Waals surface area contributed by atoms with E-state index in [2.05, 4.69) is 48.1 Å². The SMILES string of the molecule is CN=C(NCC1(N(C)C)CCOCC1)N1CCC(CC(C)C)C1. The lowest BCUT2D eigenvalue weighted by molar-refractivity contribution is -0.00522. The minimum atomic E-state index is 0.186. The Kier molecular flexibility index (Phi) is 6.72. The maximum atomic E-state index is 5.56. The summed E-state index contributed by atoms with van der Waals surface area (Å²) in [4.78, 5) is 9.34. The molecule has 0 amide bonds. The van der Waals surface area contributed by atoms with E-state index < -0.39 is 0 Å². The van der Waals surface area contributed by atoms with E-state index in [1.165, 1.54) is 12.8 Å². The molecule has 1 N–H and O–H groups in total. The average Bonchev–Trinajstić information content (AvgIpc) is 2.96. The Morgan fingerprint density at radius 1 is 1.35 bits per heavy atom. The van der Waals surface area contributed by atoms with E-state index >= 15 is 0 Å². The summed E-state index contributed by atoms with van der Waals surface area (Å²) in [6.45, 7) is 9.59. The quantitative estimate of drug-likeness (QED) is 0.621. The van der Waals surface area contributed by atoms with E-state index in [4.69, 9.17) is 4.74 Å². The van der Waals surface area contributed by atoms with Gasteiger partial charge in [-0.25, -0.2) is 0 Å². The molecule has 0 spiro atoms. The summed E-state index contributed by atoms with van der Waals surface area (Å²) in [5, 5.41) is 3.66. The van der Waals surface area contributed by atoms with Gasteiger partial charge in [0.25, 0.3) is 0 Å². The van der Waals surface area contributed by atoms with Crippen molar-refractivity contribution >= 4 is 5.96 Å². The zero-order valence-electron chi connectivity index (χ0n) is 15.8. The number of aliphatic imine (C=N–C) groups is 1. The molecule has 0 aromatic heterocycles. The van der Waals surface area contributed by atoms with Gasteiger partial charge in [-0.1, -0.05) is 13.8 Å². The molecule has 0 aromatic rings. The first kappa shape index (κ1) is 18.5. The smallest absolute Gasteiger partial charge is 0.193 e. The normalized spacial score (nSPS) is 25.4. The molecule has 0 saturated carbocycles. The fourth-order valence-corrected chi connectivity index (χ4v) is 3.99. The first-order chi connectivity index (χ1) is 11.0. The van der Waals surface area contributed by atoms with Crippen molar-refractivity contribution in [1.29, 1.82) is 0 Å². The molecule has 0 aromatic carbocycles. The number of guanidine groups is 1. The van der Waals surface area contributed by atoms with Gasteiger partial charge >= 0.3 is 0 Å². The number of hydrogen-bond acceptors (Lipinski definition) is 3. The van der Waals surface area contributed by atoms with Gasteiger partial charge < -0.3 is 19.9 Å². The van der Waals surface area contributed by atoms with Crippen LogP contribution in [0.2, 0.25) is 0 Å². The summed E-state index contributed by atoms with van der Waals surface area (Å²) in [7, 11) is 6.28. The number of nitrogens with zero attached hydrogens (tertiary/aromatic N) is 3. The van der Waals surface area contributed by atoms with Crippen LogP contribution in [0.3, 0.4) is 0 Å². The van der Waals surface area contributed by atoms with Crippen LogP contribution >= 0.6 is 0 Å². The molecule has 0 bridgehead atoms. The zero-order valence-corrected chi connectivity index (χ0v) is 15.8. The van der Waals surface area contributed by atoms with Gasteiger partial charge in [-0.05, 0) is 51.6 Å². The highest BCUT2D eigenvalue weighted by Crippen LogP contribution is 2.26. The Morgan fingerprint density at radius 3 is 2.61 bits per heavy atom. The van der Waals surface area contributed by atoms with E-state index in [1.54, 1.807) is 0 Å². The first-order valence-corrected chi connectivity index (χ1v) is 9.17. The second-order valence-corrected chi connectivity index (χ2v) is 7.86. The van der Waals surface area contributed by atoms with Crippen molar-refractivity contribution in [3.8, 4) is 0 Å². The molecule has 5 nitrogen and oxygen atoms in total. The van der Waals surface area contributed by atoms with Gasteiger partial charge in [-0.2, -0.15) is 0 Å². The maximum absolute atomic E-state index is 5.56. The third-order valence-electron chi connectivity index (χ3n) is 5.55. The summed E-state index contributed by atoms with van der Waals surface area (Å²) in [5.41, 5.74) is 0.186. The van der Waals surface area contributed by atoms with Crippen LogP contribution < -0.4 is 5.32 Å². The van der Waals surface area contributed by atoms with Crippen LogP contribution in [-0.2, 0) is 4.74 Å². The summed E-state index contributed by atoms with van der Waals surface area (Å²) < 4.78 is 5.56. The van der Waals surface area contributed by atoms with E-state index in [0.29, 0.717) is 0 Å². The second kappa shape index (κ2) is 8.34. The van der Waals surface area contributed by atoms with Crippen LogP contribution in [0.4, 0.5) is 0 Å². The molecule has 5 heteroatoms. The fraction of sp³-hybridized carbons (Fsp3) is 0.944. The number of nitrogens with one attached hydrogen (secondary N) is 1. The minimum absolute atomic E-state index is 0.186. The molecule has 134 valence electrons. The third-order valence-corrected chi connectivity index (χ3v) is 5.55. The summed E-state index contributed by atoms with van der Waals surface area (Å²) in [6.07, 6.45) is 4.79. The predicted molar refractivity (Wildman–Crippen MR) is 97.0 cm³/mol. The number of rotatable bonds is 5. The van der Waals surface area contributed by atoms with Crippen molar-refractivity contribution in [3.63, 3.8) is 0 Å². The van der Waals surface area contributed by atoms with Gasteiger partial charge in [0.15, 0.2) is 5.96 Å². The Bertz CT molecular complexity index is 388. The lowest BCUT2D eigenvalue weighted by Crippen LogP contribution is -2.57. The maximum Gasteiger partial charge on any atom is 0.193 e. The largest absolute Gasteiger partial charge is 0.381 e. The van der Waals surface area contributed by atoms with Crippen molar-refractivity contribution in [1.82, 2.24) is 15.1 Å². The van der Waals surface area contributed by atoms with Gasteiger partial charge in [0.1, 0.15) is 0 Å². The fourth-order valence-electron chi connectivity index (χ4n) is 3.99. The zero-order chi connectivity index (χ0) is 16.9. The number of hydrogen-bond donors (Lipinski definition) is 1. The van der Waals surface area contributed by atoms with E-state index in [-0.39, 0.29) is 5.54 Å². The molecule has 1 unspecified atom stereocenters. The minimum Gasteiger partial charge on any atom is -0.381 e. The third kappa shape index (κ3) is 4.83. The topological polar surface area (TPSA) is 40.1 Å². The average molecular weight is 325 g/mol. The monoisotopic (exact) mass is 324 g/mol. The summed E-state index contributed by atoms with van der Waals surface area (Å²) in [6, 6.07) is 0. The Morgan fingerprint density at radius 2 is 2.04 bits per heavy atom. The lowest BCUT2D eigenvalue weighted by atomic mass is 9.88. The van der Waals surface area contributed by atoms with E-state index in [9.17, 15) is 0 Å². The molecule has 23 heavy (non-hydrogen) atoms. The first-order valence-electron chi connectivity index (χ1n) is 9.17. The van der Waals surface area contributed by atoms with Gasteiger partial charge in [0.05, 0.1) is 0 Å². The summed E-state index contributed by atoms with van der Waals surface area (Å²) >= 11 is 0. The lowest BCUT2D eigenvalue weighted by Gasteiger charge is -2.43. The van der Waals surface area contributed by atoms with Gasteiger partial charge in [0, 0.05) is 45.4 Å². The van der Waals surface area contributed by atoms with Crippen LogP contribution in [-0.4, -0.2) is 75.3 Å². The van der Waals surface area contributed by atoms with Gasteiger partial charge in [0.2, 0.25) is 0 Å². The molecule has 2 fully saturated rings. The number of likely N-dealkylation sites (tertiary alicyclic amines) is 1. The van der Waals surface area contributed by atoms with Crippen molar-refractivity contribution in [2.45, 2.75) is 45.1 Å². The van der Waals surface area contributed by atoms with Crippen LogP contribution in [0.5, 0.6) is 0 Å². The molecule has 2 aliphatic heterocycles. The molecule has 0 aliphatic carbocycles. The molecular weight excluding hydrogens is 288 g/mol. The molecule has 2 saturated heterocycles. The van der Waals surface area contributed by atoms with Crippen molar-refractivity contribution < 1.29 is 4.74 Å². The van der Waals surface area contributed by atoms with E-state index in [1.807, 2.05) is 7.05 Å². The van der Waals surface area contributed by atoms with Crippen molar-refractivity contribution in [2.24, 2.45) is 16.8 Å². The van der Waals surface area contributed by atoms with Crippen LogP contribution in [0.1, 0.15) is 39.5 Å². The van der Waals surface area contributed by atoms with Crippen molar-refractivity contribution in [2.75, 3.05) is 54.0 Å². The van der Waals surface area contributed by atoms with Gasteiger partial charge in [-0.15, -0.1) is 0 Å². The Balaban J connectivity index is 1.90. The Hall–Kier alpha value is -0.810. The Labute approximate surface area is 142 Å². The molecule has 0 radical (unpaired) electrons. The molecular formula is C18H36N4O. The van der Waals surface area contributed by atoms with Gasteiger partial charge in [-0.3, -0.25) is 4.99 Å². The van der Waals surface area contributed by atoms with Crippen molar-refractivity contribution in [3.05, 3.63) is 0 Å². The molecule has 2 aliphatic rings.